The molecule has 2 amide bonds. The number of benzene rings is 2. The fraction of sp³-hybridized carbons (Fsp3) is 0.333. The van der Waals surface area contributed by atoms with Gasteiger partial charge in [0, 0.05) is 18.8 Å². The number of amides is 2. The molecule has 0 saturated carbocycles. The molecule has 1 fully saturated rings. The number of carbonyl (C=O) groups is 2. The summed E-state index contributed by atoms with van der Waals surface area (Å²) in [6.07, 6.45) is 1.41. The maximum Gasteiger partial charge on any atom is 0.256 e. The molecule has 0 bridgehead atoms. The van der Waals surface area contributed by atoms with Crippen LogP contribution in [0.15, 0.2) is 48.5 Å². The summed E-state index contributed by atoms with van der Waals surface area (Å²) in [6.45, 7) is 3.31. The number of hydrogen-bond donors (Lipinski definition) is 1. The van der Waals surface area contributed by atoms with Crippen molar-refractivity contribution in [3.63, 3.8) is 0 Å². The highest BCUT2D eigenvalue weighted by Crippen LogP contribution is 2.22. The molecule has 5 nitrogen and oxygen atoms in total. The van der Waals surface area contributed by atoms with Crippen molar-refractivity contribution < 1.29 is 18.7 Å². The Morgan fingerprint density at radius 3 is 2.63 bits per heavy atom. The van der Waals surface area contributed by atoms with E-state index in [4.69, 9.17) is 4.74 Å². The maximum atomic E-state index is 13.9. The van der Waals surface area contributed by atoms with Crippen molar-refractivity contribution in [2.75, 3.05) is 25.0 Å². The molecule has 0 aliphatic carbocycles. The summed E-state index contributed by atoms with van der Waals surface area (Å²) in [4.78, 5) is 26.7. The zero-order valence-electron chi connectivity index (χ0n) is 15.3. The standard InChI is InChI=1S/C21H23FN2O3/c1-2-27-17-11-9-16(10-12-17)23-20(25)15-6-5-13-24(14-15)21(26)18-7-3-4-8-19(18)22/h3-4,7-12,15H,2,5-6,13-14H2,1H3,(H,23,25)/t15-/m1/s1. The van der Waals surface area contributed by atoms with Gasteiger partial charge in [-0.1, -0.05) is 12.1 Å². The van der Waals surface area contributed by atoms with Crippen LogP contribution in [0.3, 0.4) is 0 Å². The summed E-state index contributed by atoms with van der Waals surface area (Å²) < 4.78 is 19.3. The summed E-state index contributed by atoms with van der Waals surface area (Å²) >= 11 is 0. The summed E-state index contributed by atoms with van der Waals surface area (Å²) in [5, 5.41) is 2.89. The van der Waals surface area contributed by atoms with Gasteiger partial charge in [0.2, 0.25) is 5.91 Å². The molecule has 0 unspecified atom stereocenters. The average Bonchev–Trinajstić information content (AvgIpc) is 2.69. The zero-order valence-corrected chi connectivity index (χ0v) is 15.3. The number of anilines is 1. The van der Waals surface area contributed by atoms with Crippen LogP contribution in [0.25, 0.3) is 0 Å². The van der Waals surface area contributed by atoms with Gasteiger partial charge in [-0.3, -0.25) is 9.59 Å². The highest BCUT2D eigenvalue weighted by Gasteiger charge is 2.29. The number of nitrogens with zero attached hydrogens (tertiary/aromatic N) is 1. The predicted octanol–water partition coefficient (Wildman–Crippen LogP) is 3.72. The third kappa shape index (κ3) is 4.64. The second-order valence-corrected chi connectivity index (χ2v) is 6.52. The molecule has 1 saturated heterocycles. The van der Waals surface area contributed by atoms with Crippen LogP contribution >= 0.6 is 0 Å². The minimum atomic E-state index is -0.538. The zero-order chi connectivity index (χ0) is 19.2. The van der Waals surface area contributed by atoms with E-state index in [0.29, 0.717) is 31.7 Å². The first-order valence-electron chi connectivity index (χ1n) is 9.16. The van der Waals surface area contributed by atoms with Crippen molar-refractivity contribution >= 4 is 17.5 Å². The molecule has 1 aliphatic heterocycles. The Balaban J connectivity index is 1.62. The molecule has 0 aromatic heterocycles. The van der Waals surface area contributed by atoms with E-state index in [1.54, 1.807) is 41.3 Å². The highest BCUT2D eigenvalue weighted by atomic mass is 19.1. The molecule has 3 rings (SSSR count). The van der Waals surface area contributed by atoms with Gasteiger partial charge in [0.1, 0.15) is 11.6 Å². The van der Waals surface area contributed by atoms with Crippen LogP contribution in [0.5, 0.6) is 5.75 Å². The number of likely N-dealkylation sites (tertiary alicyclic amines) is 1. The van der Waals surface area contributed by atoms with Gasteiger partial charge >= 0.3 is 0 Å². The van der Waals surface area contributed by atoms with Gasteiger partial charge in [0.15, 0.2) is 0 Å². The molecule has 1 atom stereocenters. The molecular formula is C21H23FN2O3. The summed E-state index contributed by atoms with van der Waals surface area (Å²) in [7, 11) is 0. The van der Waals surface area contributed by atoms with E-state index >= 15 is 0 Å². The maximum absolute atomic E-state index is 13.9. The minimum absolute atomic E-state index is 0.0464. The molecule has 0 spiro atoms. The topological polar surface area (TPSA) is 58.6 Å². The Labute approximate surface area is 158 Å². The number of carbonyl (C=O) groups excluding carboxylic acids is 2. The lowest BCUT2D eigenvalue weighted by Gasteiger charge is -2.32. The van der Waals surface area contributed by atoms with Crippen molar-refractivity contribution in [3.8, 4) is 5.75 Å². The van der Waals surface area contributed by atoms with Crippen molar-refractivity contribution in [3.05, 3.63) is 59.9 Å². The summed E-state index contributed by atoms with van der Waals surface area (Å²) in [6, 6.07) is 13.1. The quantitative estimate of drug-likeness (QED) is 0.873. The molecule has 1 heterocycles. The van der Waals surface area contributed by atoms with Crippen molar-refractivity contribution in [2.24, 2.45) is 5.92 Å². The molecule has 1 N–H and O–H groups in total. The number of rotatable bonds is 5. The second kappa shape index (κ2) is 8.66. The predicted molar refractivity (Wildman–Crippen MR) is 101 cm³/mol. The van der Waals surface area contributed by atoms with Crippen LogP contribution in [0.4, 0.5) is 10.1 Å². The SMILES string of the molecule is CCOc1ccc(NC(=O)[C@@H]2CCCN(C(=O)c3ccccc3F)C2)cc1. The number of hydrogen-bond acceptors (Lipinski definition) is 3. The van der Waals surface area contributed by atoms with E-state index in [2.05, 4.69) is 5.32 Å². The average molecular weight is 370 g/mol. The molecule has 142 valence electrons. The van der Waals surface area contributed by atoms with E-state index in [1.807, 2.05) is 6.92 Å². The number of halogens is 1. The molecular weight excluding hydrogens is 347 g/mol. The van der Waals surface area contributed by atoms with Crippen LogP contribution in [0, 0.1) is 11.7 Å². The number of piperidine rings is 1. The first kappa shape index (κ1) is 18.9. The van der Waals surface area contributed by atoms with E-state index in [9.17, 15) is 14.0 Å². The molecule has 0 radical (unpaired) electrons. The van der Waals surface area contributed by atoms with E-state index < -0.39 is 5.82 Å². The summed E-state index contributed by atoms with van der Waals surface area (Å²) in [5.74, 6) is -0.615. The van der Waals surface area contributed by atoms with Crippen molar-refractivity contribution in [1.82, 2.24) is 4.90 Å². The van der Waals surface area contributed by atoms with E-state index in [0.717, 1.165) is 5.75 Å². The third-order valence-corrected chi connectivity index (χ3v) is 4.62. The minimum Gasteiger partial charge on any atom is -0.494 e. The molecule has 2 aromatic carbocycles. The lowest BCUT2D eigenvalue weighted by Crippen LogP contribution is -2.44. The molecule has 27 heavy (non-hydrogen) atoms. The van der Waals surface area contributed by atoms with Gasteiger partial charge in [-0.25, -0.2) is 4.39 Å². The largest absolute Gasteiger partial charge is 0.494 e. The summed E-state index contributed by atoms with van der Waals surface area (Å²) in [5.41, 5.74) is 0.728. The second-order valence-electron chi connectivity index (χ2n) is 6.52. The van der Waals surface area contributed by atoms with Gasteiger partial charge in [0.25, 0.3) is 5.91 Å². The number of nitrogens with one attached hydrogen (secondary N) is 1. The highest BCUT2D eigenvalue weighted by molar-refractivity contribution is 5.96. The molecule has 1 aliphatic rings. The van der Waals surface area contributed by atoms with Gasteiger partial charge in [-0.2, -0.15) is 0 Å². The third-order valence-electron chi connectivity index (χ3n) is 4.62. The van der Waals surface area contributed by atoms with Crippen LogP contribution < -0.4 is 10.1 Å². The first-order valence-corrected chi connectivity index (χ1v) is 9.16. The lowest BCUT2D eigenvalue weighted by molar-refractivity contribution is -0.121. The molecule has 6 heteroatoms. The first-order chi connectivity index (χ1) is 13.1. The van der Waals surface area contributed by atoms with Crippen LogP contribution in [0.1, 0.15) is 30.1 Å². The van der Waals surface area contributed by atoms with Crippen molar-refractivity contribution in [1.29, 1.82) is 0 Å². The lowest BCUT2D eigenvalue weighted by atomic mass is 9.96. The smallest absolute Gasteiger partial charge is 0.256 e. The van der Waals surface area contributed by atoms with E-state index in [-0.39, 0.29) is 29.8 Å². The normalized spacial score (nSPS) is 16.7. The van der Waals surface area contributed by atoms with Gasteiger partial charge < -0.3 is 15.0 Å². The van der Waals surface area contributed by atoms with Gasteiger partial charge in [-0.15, -0.1) is 0 Å². The Morgan fingerprint density at radius 1 is 1.19 bits per heavy atom. The monoisotopic (exact) mass is 370 g/mol. The number of ether oxygens (including phenoxy) is 1. The van der Waals surface area contributed by atoms with Crippen LogP contribution in [-0.4, -0.2) is 36.4 Å². The Morgan fingerprint density at radius 2 is 1.93 bits per heavy atom. The fourth-order valence-corrected chi connectivity index (χ4v) is 3.23. The Hall–Kier alpha value is -2.89. The molecule has 2 aromatic rings. The van der Waals surface area contributed by atoms with Gasteiger partial charge in [0.05, 0.1) is 18.1 Å². The van der Waals surface area contributed by atoms with E-state index in [1.165, 1.54) is 12.1 Å². The van der Waals surface area contributed by atoms with Crippen molar-refractivity contribution in [2.45, 2.75) is 19.8 Å². The van der Waals surface area contributed by atoms with Crippen LogP contribution in [0.2, 0.25) is 0 Å². The van der Waals surface area contributed by atoms with Gasteiger partial charge in [-0.05, 0) is 56.2 Å². The Kier molecular flexibility index (Phi) is 6.06. The van der Waals surface area contributed by atoms with Crippen LogP contribution in [-0.2, 0) is 4.79 Å². The fourth-order valence-electron chi connectivity index (χ4n) is 3.23. The Bertz CT molecular complexity index is 807.